The molecule has 0 saturated carbocycles. The molecule has 2 heterocycles. The van der Waals surface area contributed by atoms with Crippen molar-refractivity contribution in [3.05, 3.63) is 63.2 Å². The average Bonchev–Trinajstić information content (AvgIpc) is 2.60. The highest BCUT2D eigenvalue weighted by atomic mass is 35.5. The van der Waals surface area contributed by atoms with Crippen LogP contribution in [-0.4, -0.2) is 23.7 Å². The first-order chi connectivity index (χ1) is 12.4. The maximum absolute atomic E-state index is 12.4. The number of H-pyrrole nitrogens is 1. The molecule has 3 aromatic rings. The van der Waals surface area contributed by atoms with Crippen LogP contribution in [0.3, 0.4) is 0 Å². The Balaban J connectivity index is 1.84. The van der Waals surface area contributed by atoms with Crippen LogP contribution in [0.4, 0.5) is 5.95 Å². The smallest absolute Gasteiger partial charge is 0.253 e. The molecule has 136 valence electrons. The molecule has 2 aromatic heterocycles. The molecule has 2 atom stereocenters. The van der Waals surface area contributed by atoms with Gasteiger partial charge in [0.05, 0.1) is 28.8 Å². The van der Waals surface area contributed by atoms with Crippen molar-refractivity contribution in [2.75, 3.05) is 5.32 Å². The SMILES string of the molecule is C[C@H](Nc1nccc(CNS(=O)O)n1)c1cc2cccc(Cl)c2[nH]c1=O. The quantitative estimate of drug-likeness (QED) is 0.477. The van der Waals surface area contributed by atoms with Crippen molar-refractivity contribution < 1.29 is 8.76 Å². The van der Waals surface area contributed by atoms with Gasteiger partial charge in [0.1, 0.15) is 0 Å². The van der Waals surface area contributed by atoms with E-state index in [0.29, 0.717) is 27.7 Å². The number of aromatic amines is 1. The highest BCUT2D eigenvalue weighted by Crippen LogP contribution is 2.23. The number of nitrogens with one attached hydrogen (secondary N) is 3. The number of nitrogens with zero attached hydrogens (tertiary/aromatic N) is 2. The van der Waals surface area contributed by atoms with Crippen molar-refractivity contribution >= 4 is 39.7 Å². The normalized spacial score (nSPS) is 13.5. The van der Waals surface area contributed by atoms with E-state index in [1.807, 2.05) is 19.1 Å². The summed E-state index contributed by atoms with van der Waals surface area (Å²) in [6.07, 6.45) is 1.53. The van der Waals surface area contributed by atoms with Crippen molar-refractivity contribution in [3.63, 3.8) is 0 Å². The second kappa shape index (κ2) is 7.92. The largest absolute Gasteiger partial charge is 0.347 e. The Morgan fingerprint density at radius 2 is 2.19 bits per heavy atom. The van der Waals surface area contributed by atoms with E-state index in [1.54, 1.807) is 18.2 Å². The van der Waals surface area contributed by atoms with Gasteiger partial charge in [0.25, 0.3) is 5.56 Å². The lowest BCUT2D eigenvalue weighted by molar-refractivity contribution is 0.548. The average molecular weight is 394 g/mol. The van der Waals surface area contributed by atoms with Crippen molar-refractivity contribution in [1.29, 1.82) is 0 Å². The summed E-state index contributed by atoms with van der Waals surface area (Å²) < 4.78 is 21.8. The first-order valence-corrected chi connectivity index (χ1v) is 9.17. The zero-order chi connectivity index (χ0) is 18.7. The molecule has 0 amide bonds. The standard InChI is InChI=1S/C16H16ClN5O3S/c1-9(20-16-18-6-5-11(21-16)8-19-26(24)25)12-7-10-3-2-4-13(17)14(10)22-15(12)23/h2-7,9,19H,8H2,1H3,(H,22,23)(H,24,25)(H,18,20,21)/t9-/m0/s1. The third-order valence-corrected chi connectivity index (χ3v) is 4.47. The minimum Gasteiger partial charge on any atom is -0.347 e. The van der Waals surface area contributed by atoms with Gasteiger partial charge in [0.2, 0.25) is 17.2 Å². The van der Waals surface area contributed by atoms with Crippen molar-refractivity contribution in [3.8, 4) is 0 Å². The number of fused-ring (bicyclic) bond motifs is 1. The van der Waals surface area contributed by atoms with Gasteiger partial charge in [0, 0.05) is 17.1 Å². The number of aromatic nitrogens is 3. The summed E-state index contributed by atoms with van der Waals surface area (Å²) in [6, 6.07) is 8.44. The second-order valence-corrected chi connectivity index (χ2v) is 6.76. The van der Waals surface area contributed by atoms with Crippen molar-refractivity contribution in [2.24, 2.45) is 0 Å². The minimum atomic E-state index is -2.12. The van der Waals surface area contributed by atoms with Crippen LogP contribution in [-0.2, 0) is 17.8 Å². The summed E-state index contributed by atoms with van der Waals surface area (Å²) in [5, 5.41) is 4.37. The van der Waals surface area contributed by atoms with E-state index < -0.39 is 11.3 Å². The Bertz CT molecular complexity index is 1030. The number of anilines is 1. The fourth-order valence-electron chi connectivity index (χ4n) is 2.50. The number of para-hydroxylation sites is 1. The Morgan fingerprint density at radius 3 is 2.96 bits per heavy atom. The van der Waals surface area contributed by atoms with E-state index in [1.165, 1.54) is 6.20 Å². The molecule has 0 spiro atoms. The molecule has 26 heavy (non-hydrogen) atoms. The number of halogens is 1. The second-order valence-electron chi connectivity index (χ2n) is 5.57. The fraction of sp³-hybridized carbons (Fsp3) is 0.188. The fourth-order valence-corrected chi connectivity index (χ4v) is 3.00. The van der Waals surface area contributed by atoms with Gasteiger partial charge < -0.3 is 10.3 Å². The maximum Gasteiger partial charge on any atom is 0.253 e. The summed E-state index contributed by atoms with van der Waals surface area (Å²) in [5.74, 6) is 0.311. The van der Waals surface area contributed by atoms with E-state index in [9.17, 15) is 9.00 Å². The van der Waals surface area contributed by atoms with Crippen LogP contribution < -0.4 is 15.6 Å². The molecule has 0 radical (unpaired) electrons. The predicted octanol–water partition coefficient (Wildman–Crippen LogP) is 2.37. The molecule has 0 bridgehead atoms. The number of rotatable bonds is 6. The number of pyridine rings is 1. The Morgan fingerprint density at radius 1 is 1.38 bits per heavy atom. The van der Waals surface area contributed by atoms with Crippen LogP contribution in [0.1, 0.15) is 24.2 Å². The summed E-state index contributed by atoms with van der Waals surface area (Å²) in [4.78, 5) is 23.6. The van der Waals surface area contributed by atoms with E-state index in [-0.39, 0.29) is 18.1 Å². The summed E-state index contributed by atoms with van der Waals surface area (Å²) in [5.41, 5.74) is 1.40. The monoisotopic (exact) mass is 393 g/mol. The van der Waals surface area contributed by atoms with Gasteiger partial charge in [-0.1, -0.05) is 23.7 Å². The highest BCUT2D eigenvalue weighted by Gasteiger charge is 2.13. The van der Waals surface area contributed by atoms with Crippen molar-refractivity contribution in [1.82, 2.24) is 19.7 Å². The van der Waals surface area contributed by atoms with Crippen LogP contribution in [0.25, 0.3) is 10.9 Å². The molecule has 0 saturated heterocycles. The Hall–Kier alpha value is -2.33. The van der Waals surface area contributed by atoms with E-state index >= 15 is 0 Å². The third kappa shape index (κ3) is 4.25. The van der Waals surface area contributed by atoms with Gasteiger partial charge in [-0.05, 0) is 25.1 Å². The third-order valence-electron chi connectivity index (χ3n) is 3.76. The lowest BCUT2D eigenvalue weighted by Gasteiger charge is -2.15. The first-order valence-electron chi connectivity index (χ1n) is 7.68. The molecule has 0 aliphatic heterocycles. The summed E-state index contributed by atoms with van der Waals surface area (Å²) in [6.45, 7) is 1.93. The lowest BCUT2D eigenvalue weighted by Crippen LogP contribution is -2.21. The maximum atomic E-state index is 12.4. The van der Waals surface area contributed by atoms with Gasteiger partial charge in [-0.15, -0.1) is 0 Å². The lowest BCUT2D eigenvalue weighted by atomic mass is 10.1. The zero-order valence-electron chi connectivity index (χ0n) is 13.7. The van der Waals surface area contributed by atoms with E-state index in [4.69, 9.17) is 16.2 Å². The summed E-state index contributed by atoms with van der Waals surface area (Å²) >= 11 is 3.99. The van der Waals surface area contributed by atoms with Gasteiger partial charge in [-0.25, -0.2) is 18.9 Å². The van der Waals surface area contributed by atoms with Crippen LogP contribution in [0, 0.1) is 0 Å². The molecule has 1 unspecified atom stereocenters. The van der Waals surface area contributed by atoms with Gasteiger partial charge >= 0.3 is 0 Å². The topological polar surface area (TPSA) is 120 Å². The molecule has 0 fully saturated rings. The van der Waals surface area contributed by atoms with Crippen LogP contribution in [0.15, 0.2) is 41.3 Å². The molecular weight excluding hydrogens is 378 g/mol. The minimum absolute atomic E-state index is 0.115. The van der Waals surface area contributed by atoms with Crippen LogP contribution >= 0.6 is 11.6 Å². The number of hydrogen-bond donors (Lipinski definition) is 4. The van der Waals surface area contributed by atoms with Crippen molar-refractivity contribution in [2.45, 2.75) is 19.5 Å². The number of hydrogen-bond acceptors (Lipinski definition) is 5. The first kappa shape index (κ1) is 18.5. The Labute approximate surface area is 156 Å². The molecule has 10 heteroatoms. The molecule has 4 N–H and O–H groups in total. The predicted molar refractivity (Wildman–Crippen MR) is 101 cm³/mol. The van der Waals surface area contributed by atoms with Gasteiger partial charge in [-0.3, -0.25) is 9.35 Å². The van der Waals surface area contributed by atoms with Gasteiger partial charge in [-0.2, -0.15) is 0 Å². The molecule has 3 rings (SSSR count). The Kier molecular flexibility index (Phi) is 5.62. The number of benzene rings is 1. The van der Waals surface area contributed by atoms with Gasteiger partial charge in [0.15, 0.2) is 0 Å². The molecular formula is C16H16ClN5O3S. The van der Waals surface area contributed by atoms with Crippen LogP contribution in [0.5, 0.6) is 0 Å². The zero-order valence-corrected chi connectivity index (χ0v) is 15.3. The molecule has 1 aromatic carbocycles. The van der Waals surface area contributed by atoms with E-state index in [2.05, 4.69) is 25.0 Å². The van der Waals surface area contributed by atoms with E-state index in [0.717, 1.165) is 5.39 Å². The summed E-state index contributed by atoms with van der Waals surface area (Å²) in [7, 11) is 0. The molecule has 0 aliphatic carbocycles. The molecule has 8 nitrogen and oxygen atoms in total. The van der Waals surface area contributed by atoms with Crippen LogP contribution in [0.2, 0.25) is 5.02 Å². The highest BCUT2D eigenvalue weighted by molar-refractivity contribution is 7.77. The molecule has 0 aliphatic rings.